The Morgan fingerprint density at radius 3 is 2.40 bits per heavy atom. The minimum absolute atomic E-state index is 0.401. The molecule has 1 aromatic carbocycles. The van der Waals surface area contributed by atoms with Crippen LogP contribution in [0.15, 0.2) is 24.3 Å². The highest BCUT2D eigenvalue weighted by Gasteiger charge is 2.31. The topological polar surface area (TPSA) is 12.0 Å². The van der Waals surface area contributed by atoms with Crippen LogP contribution in [0.25, 0.3) is 0 Å². The van der Waals surface area contributed by atoms with E-state index in [9.17, 15) is 13.2 Å². The van der Waals surface area contributed by atoms with Crippen molar-refractivity contribution in [3.63, 3.8) is 0 Å². The van der Waals surface area contributed by atoms with Crippen LogP contribution in [0, 0.1) is 11.8 Å². The second-order valence-corrected chi connectivity index (χ2v) is 5.99. The molecule has 1 N–H and O–H groups in total. The predicted octanol–water partition coefficient (Wildman–Crippen LogP) is 4.62. The van der Waals surface area contributed by atoms with Gasteiger partial charge in [0.2, 0.25) is 0 Å². The predicted molar refractivity (Wildman–Crippen MR) is 74.3 cm³/mol. The minimum atomic E-state index is -4.26. The number of nitrogens with one attached hydrogen (secondary N) is 1. The van der Waals surface area contributed by atoms with Crippen LogP contribution in [-0.2, 0) is 12.7 Å². The van der Waals surface area contributed by atoms with Crippen LogP contribution < -0.4 is 5.32 Å². The van der Waals surface area contributed by atoms with Gasteiger partial charge in [0, 0.05) is 12.6 Å². The van der Waals surface area contributed by atoms with Crippen molar-refractivity contribution in [1.29, 1.82) is 0 Å². The Kier molecular flexibility index (Phi) is 4.74. The van der Waals surface area contributed by atoms with Gasteiger partial charge in [-0.3, -0.25) is 0 Å². The third-order valence-corrected chi connectivity index (χ3v) is 4.34. The molecule has 1 saturated carbocycles. The number of rotatable bonds is 3. The van der Waals surface area contributed by atoms with E-state index in [4.69, 9.17) is 0 Å². The fourth-order valence-corrected chi connectivity index (χ4v) is 3.18. The lowest BCUT2D eigenvalue weighted by Gasteiger charge is -2.35. The molecule has 112 valence electrons. The summed E-state index contributed by atoms with van der Waals surface area (Å²) in [6, 6.07) is 5.99. The lowest BCUT2D eigenvalue weighted by atomic mass is 9.78. The maximum absolute atomic E-state index is 12.7. The highest BCUT2D eigenvalue weighted by molar-refractivity contribution is 5.25. The molecule has 1 fully saturated rings. The Morgan fingerprint density at radius 1 is 1.15 bits per heavy atom. The van der Waals surface area contributed by atoms with Gasteiger partial charge in [-0.15, -0.1) is 0 Å². The molecule has 1 aromatic rings. The third kappa shape index (κ3) is 3.75. The third-order valence-electron chi connectivity index (χ3n) is 4.34. The molecule has 4 heteroatoms. The van der Waals surface area contributed by atoms with Crippen molar-refractivity contribution in [2.45, 2.75) is 51.9 Å². The van der Waals surface area contributed by atoms with Gasteiger partial charge in [0.05, 0.1) is 5.56 Å². The van der Waals surface area contributed by atoms with Crippen LogP contribution in [0.4, 0.5) is 13.2 Å². The van der Waals surface area contributed by atoms with E-state index in [-0.39, 0.29) is 0 Å². The molecule has 0 bridgehead atoms. The summed E-state index contributed by atoms with van der Waals surface area (Å²) in [5.41, 5.74) is 0.131. The highest BCUT2D eigenvalue weighted by atomic mass is 19.4. The average Bonchev–Trinajstić information content (AvgIpc) is 2.37. The van der Waals surface area contributed by atoms with Crippen molar-refractivity contribution >= 4 is 0 Å². The summed E-state index contributed by atoms with van der Waals surface area (Å²) >= 11 is 0. The van der Waals surface area contributed by atoms with E-state index in [1.165, 1.54) is 31.4 Å². The fraction of sp³-hybridized carbons (Fsp3) is 0.625. The zero-order chi connectivity index (χ0) is 14.8. The summed E-state index contributed by atoms with van der Waals surface area (Å²) in [5.74, 6) is 1.18. The van der Waals surface area contributed by atoms with Crippen LogP contribution in [-0.4, -0.2) is 6.04 Å². The highest BCUT2D eigenvalue weighted by Crippen LogP contribution is 2.31. The Bertz CT molecular complexity index is 432. The standard InChI is InChI=1S/C16H22F3N/c1-11-5-3-6-12(2)15(11)20-10-13-7-4-8-14(9-13)16(17,18)19/h4,7-9,11-12,15,20H,3,5-6,10H2,1-2H3. The number of alkyl halides is 3. The van der Waals surface area contributed by atoms with E-state index in [1.807, 2.05) is 0 Å². The Balaban J connectivity index is 2.00. The molecule has 1 aliphatic rings. The van der Waals surface area contributed by atoms with Crippen molar-refractivity contribution in [2.75, 3.05) is 0 Å². The van der Waals surface area contributed by atoms with E-state index in [0.717, 1.165) is 6.07 Å². The molecule has 0 radical (unpaired) electrons. The van der Waals surface area contributed by atoms with Gasteiger partial charge in [-0.05, 0) is 36.3 Å². The first-order valence-electron chi connectivity index (χ1n) is 7.27. The normalized spacial score (nSPS) is 27.6. The lowest BCUT2D eigenvalue weighted by Crippen LogP contribution is -2.42. The first-order valence-corrected chi connectivity index (χ1v) is 7.27. The van der Waals surface area contributed by atoms with E-state index in [0.29, 0.717) is 30.0 Å². The molecule has 2 atom stereocenters. The van der Waals surface area contributed by atoms with Crippen molar-refractivity contribution < 1.29 is 13.2 Å². The van der Waals surface area contributed by atoms with Crippen molar-refractivity contribution in [3.8, 4) is 0 Å². The van der Waals surface area contributed by atoms with Gasteiger partial charge in [0.1, 0.15) is 0 Å². The molecule has 0 heterocycles. The van der Waals surface area contributed by atoms with Crippen molar-refractivity contribution in [2.24, 2.45) is 11.8 Å². The molecule has 20 heavy (non-hydrogen) atoms. The summed E-state index contributed by atoms with van der Waals surface area (Å²) in [4.78, 5) is 0. The monoisotopic (exact) mass is 285 g/mol. The van der Waals surface area contributed by atoms with Gasteiger partial charge in [-0.2, -0.15) is 13.2 Å². The van der Waals surface area contributed by atoms with Gasteiger partial charge in [-0.1, -0.05) is 38.5 Å². The molecule has 1 aliphatic carbocycles. The minimum Gasteiger partial charge on any atom is -0.309 e. The van der Waals surface area contributed by atoms with Crippen LogP contribution >= 0.6 is 0 Å². The number of benzene rings is 1. The van der Waals surface area contributed by atoms with Gasteiger partial charge in [0.15, 0.2) is 0 Å². The number of halogens is 3. The first-order chi connectivity index (χ1) is 9.38. The van der Waals surface area contributed by atoms with Crippen LogP contribution in [0.5, 0.6) is 0 Å². The van der Waals surface area contributed by atoms with Gasteiger partial charge in [-0.25, -0.2) is 0 Å². The Morgan fingerprint density at radius 2 is 1.80 bits per heavy atom. The molecular weight excluding hydrogens is 263 g/mol. The number of hydrogen-bond acceptors (Lipinski definition) is 1. The number of hydrogen-bond donors (Lipinski definition) is 1. The summed E-state index contributed by atoms with van der Waals surface area (Å²) in [6.45, 7) is 4.95. The Labute approximate surface area is 118 Å². The second kappa shape index (κ2) is 6.17. The van der Waals surface area contributed by atoms with Crippen molar-refractivity contribution in [3.05, 3.63) is 35.4 Å². The molecule has 1 nitrogen and oxygen atoms in total. The lowest BCUT2D eigenvalue weighted by molar-refractivity contribution is -0.137. The molecule has 0 spiro atoms. The average molecular weight is 285 g/mol. The van der Waals surface area contributed by atoms with Crippen LogP contribution in [0.2, 0.25) is 0 Å². The van der Waals surface area contributed by atoms with E-state index >= 15 is 0 Å². The summed E-state index contributed by atoms with van der Waals surface area (Å²) in [7, 11) is 0. The molecule has 0 aliphatic heterocycles. The smallest absolute Gasteiger partial charge is 0.309 e. The zero-order valence-corrected chi connectivity index (χ0v) is 12.0. The maximum Gasteiger partial charge on any atom is 0.416 e. The SMILES string of the molecule is CC1CCCC(C)C1NCc1cccc(C(F)(F)F)c1. The molecular formula is C16H22F3N. The largest absolute Gasteiger partial charge is 0.416 e. The summed E-state index contributed by atoms with van der Waals surface area (Å²) in [5, 5.41) is 3.45. The quantitative estimate of drug-likeness (QED) is 0.854. The van der Waals surface area contributed by atoms with Gasteiger partial charge >= 0.3 is 6.18 Å². The van der Waals surface area contributed by atoms with Gasteiger partial charge < -0.3 is 5.32 Å². The second-order valence-electron chi connectivity index (χ2n) is 5.99. The molecule has 2 unspecified atom stereocenters. The van der Waals surface area contributed by atoms with E-state index in [2.05, 4.69) is 19.2 Å². The van der Waals surface area contributed by atoms with Crippen molar-refractivity contribution in [1.82, 2.24) is 5.32 Å². The summed E-state index contributed by atoms with van der Waals surface area (Å²) in [6.07, 6.45) is -0.610. The van der Waals surface area contributed by atoms with E-state index in [1.54, 1.807) is 6.07 Å². The molecule has 0 saturated heterocycles. The molecule has 0 amide bonds. The van der Waals surface area contributed by atoms with Crippen LogP contribution in [0.3, 0.4) is 0 Å². The first kappa shape index (κ1) is 15.4. The van der Waals surface area contributed by atoms with Gasteiger partial charge in [0.25, 0.3) is 0 Å². The Hall–Kier alpha value is -1.03. The summed E-state index contributed by atoms with van der Waals surface area (Å²) < 4.78 is 38.0. The van der Waals surface area contributed by atoms with Crippen LogP contribution in [0.1, 0.15) is 44.2 Å². The maximum atomic E-state index is 12.7. The molecule has 0 aromatic heterocycles. The fourth-order valence-electron chi connectivity index (χ4n) is 3.18. The zero-order valence-electron chi connectivity index (χ0n) is 12.0. The molecule has 2 rings (SSSR count). The van der Waals surface area contributed by atoms with E-state index < -0.39 is 11.7 Å².